The highest BCUT2D eigenvalue weighted by molar-refractivity contribution is 7.80. The fourth-order valence-corrected chi connectivity index (χ4v) is 6.68. The maximum Gasteiger partial charge on any atom is 0.217 e. The molecule has 0 fully saturated rings. The van der Waals surface area contributed by atoms with E-state index in [-0.39, 0.29) is 12.1 Å². The van der Waals surface area contributed by atoms with Crippen LogP contribution in [0.2, 0.25) is 0 Å². The third kappa shape index (κ3) is 4.61. The van der Waals surface area contributed by atoms with E-state index in [9.17, 15) is 0 Å². The van der Waals surface area contributed by atoms with E-state index in [1.165, 1.54) is 15.9 Å². The largest absolute Gasteiger partial charge is 0.467 e. The summed E-state index contributed by atoms with van der Waals surface area (Å²) in [5, 5.41) is 3.85. The van der Waals surface area contributed by atoms with Crippen LogP contribution in [0.15, 0.2) is 120 Å². The van der Waals surface area contributed by atoms with Gasteiger partial charge in [0.05, 0.1) is 6.61 Å². The van der Waals surface area contributed by atoms with E-state index in [2.05, 4.69) is 97.1 Å². The SMILES string of the molecule is COCC1N=C(c2ccccc2P(c2ccccc2)c2ccccc2)OC1c1ccccc1. The fourth-order valence-electron chi connectivity index (χ4n) is 4.24. The first-order valence-corrected chi connectivity index (χ1v) is 12.5. The third-order valence-electron chi connectivity index (χ3n) is 5.74. The van der Waals surface area contributed by atoms with Crippen molar-refractivity contribution in [3.05, 3.63) is 126 Å². The van der Waals surface area contributed by atoms with Crippen LogP contribution in [-0.2, 0) is 9.47 Å². The number of ether oxygens (including phenoxy) is 2. The van der Waals surface area contributed by atoms with Crippen molar-refractivity contribution in [1.29, 1.82) is 0 Å². The van der Waals surface area contributed by atoms with Crippen LogP contribution in [0.25, 0.3) is 0 Å². The van der Waals surface area contributed by atoms with E-state index in [4.69, 9.17) is 14.5 Å². The second-order valence-corrected chi connectivity index (χ2v) is 10.1. The smallest absolute Gasteiger partial charge is 0.217 e. The van der Waals surface area contributed by atoms with Gasteiger partial charge in [0.1, 0.15) is 6.04 Å². The molecule has 0 N–H and O–H groups in total. The number of aliphatic imine (C=N–C) groups is 1. The minimum Gasteiger partial charge on any atom is -0.467 e. The molecule has 0 amide bonds. The predicted molar refractivity (Wildman–Crippen MR) is 138 cm³/mol. The monoisotopic (exact) mass is 451 g/mol. The van der Waals surface area contributed by atoms with Gasteiger partial charge in [-0.1, -0.05) is 109 Å². The molecule has 164 valence electrons. The predicted octanol–water partition coefficient (Wildman–Crippen LogP) is 4.98. The molecule has 1 aliphatic heterocycles. The molecule has 1 heterocycles. The summed E-state index contributed by atoms with van der Waals surface area (Å²) in [5.41, 5.74) is 2.17. The van der Waals surface area contributed by atoms with Crippen LogP contribution in [0.5, 0.6) is 0 Å². The summed E-state index contributed by atoms with van der Waals surface area (Å²) in [7, 11) is 0.950. The van der Waals surface area contributed by atoms with Crippen molar-refractivity contribution in [2.24, 2.45) is 4.99 Å². The lowest BCUT2D eigenvalue weighted by Gasteiger charge is -2.22. The first-order chi connectivity index (χ1) is 16.3. The highest BCUT2D eigenvalue weighted by Crippen LogP contribution is 2.37. The van der Waals surface area contributed by atoms with Crippen molar-refractivity contribution < 1.29 is 9.47 Å². The van der Waals surface area contributed by atoms with E-state index >= 15 is 0 Å². The number of rotatable bonds is 7. The standard InChI is InChI=1S/C29H26NO2P/c1-31-21-26-28(22-13-5-2-6-14-22)32-29(30-26)25-19-11-12-20-27(25)33(23-15-7-3-8-16-23)24-17-9-4-10-18-24/h2-20,26,28H,21H2,1H3. The number of hydrogen-bond donors (Lipinski definition) is 0. The van der Waals surface area contributed by atoms with Gasteiger partial charge < -0.3 is 9.47 Å². The molecule has 0 aromatic heterocycles. The molecule has 0 spiro atoms. The van der Waals surface area contributed by atoms with Gasteiger partial charge in [-0.3, -0.25) is 0 Å². The van der Waals surface area contributed by atoms with Crippen LogP contribution in [0.3, 0.4) is 0 Å². The fraction of sp³-hybridized carbons (Fsp3) is 0.138. The van der Waals surface area contributed by atoms with Crippen LogP contribution < -0.4 is 15.9 Å². The van der Waals surface area contributed by atoms with Crippen molar-refractivity contribution >= 4 is 29.7 Å². The summed E-state index contributed by atoms with van der Waals surface area (Å²) in [6.45, 7) is 0.511. The summed E-state index contributed by atoms with van der Waals surface area (Å²) < 4.78 is 12.0. The van der Waals surface area contributed by atoms with Gasteiger partial charge in [0.2, 0.25) is 5.90 Å². The van der Waals surface area contributed by atoms with Gasteiger partial charge in [-0.25, -0.2) is 4.99 Å². The molecule has 4 heteroatoms. The molecule has 0 aliphatic carbocycles. The van der Waals surface area contributed by atoms with Gasteiger partial charge in [-0.05, 0) is 35.5 Å². The van der Waals surface area contributed by atoms with Crippen LogP contribution in [0.1, 0.15) is 17.2 Å². The molecule has 0 saturated carbocycles. The second-order valence-electron chi connectivity index (χ2n) is 7.93. The Bertz CT molecular complexity index is 1170. The number of methoxy groups -OCH3 is 1. The minimum absolute atomic E-state index is 0.0832. The molecular formula is C29H26NO2P. The van der Waals surface area contributed by atoms with Crippen LogP contribution in [0.4, 0.5) is 0 Å². The molecule has 0 saturated heterocycles. The van der Waals surface area contributed by atoms with Crippen molar-refractivity contribution in [3.8, 4) is 0 Å². The summed E-state index contributed by atoms with van der Waals surface area (Å²) >= 11 is 0. The molecule has 2 unspecified atom stereocenters. The molecule has 4 aromatic rings. The molecule has 0 bridgehead atoms. The zero-order valence-electron chi connectivity index (χ0n) is 18.5. The van der Waals surface area contributed by atoms with Gasteiger partial charge in [0.15, 0.2) is 6.10 Å². The summed E-state index contributed by atoms with van der Waals surface area (Å²) in [6, 6.07) is 40.2. The van der Waals surface area contributed by atoms with Crippen molar-refractivity contribution in [3.63, 3.8) is 0 Å². The normalized spacial score (nSPS) is 17.6. The first kappa shape index (κ1) is 21.6. The van der Waals surface area contributed by atoms with Crippen molar-refractivity contribution in [2.75, 3.05) is 13.7 Å². The third-order valence-corrected chi connectivity index (χ3v) is 8.24. The molecule has 3 nitrogen and oxygen atoms in total. The average Bonchev–Trinajstić information content (AvgIpc) is 3.30. The number of nitrogens with zero attached hydrogens (tertiary/aromatic N) is 1. The van der Waals surface area contributed by atoms with Crippen LogP contribution in [-0.4, -0.2) is 25.7 Å². The van der Waals surface area contributed by atoms with Crippen LogP contribution >= 0.6 is 7.92 Å². The Morgan fingerprint density at radius 3 is 1.88 bits per heavy atom. The van der Waals surface area contributed by atoms with E-state index in [0.29, 0.717) is 12.5 Å². The molecular weight excluding hydrogens is 425 g/mol. The maximum absolute atomic E-state index is 6.54. The van der Waals surface area contributed by atoms with Crippen molar-refractivity contribution in [1.82, 2.24) is 0 Å². The highest BCUT2D eigenvalue weighted by atomic mass is 31.1. The molecule has 0 radical (unpaired) electrons. The van der Waals surface area contributed by atoms with Gasteiger partial charge in [0, 0.05) is 12.7 Å². The average molecular weight is 452 g/mol. The maximum atomic E-state index is 6.54. The summed E-state index contributed by atoms with van der Waals surface area (Å²) in [6.07, 6.45) is -0.158. The Kier molecular flexibility index (Phi) is 6.62. The Morgan fingerprint density at radius 1 is 0.727 bits per heavy atom. The molecule has 33 heavy (non-hydrogen) atoms. The van der Waals surface area contributed by atoms with Gasteiger partial charge in [-0.15, -0.1) is 0 Å². The lowest BCUT2D eigenvalue weighted by molar-refractivity contribution is 0.120. The minimum atomic E-state index is -0.766. The Balaban J connectivity index is 1.59. The first-order valence-electron chi connectivity index (χ1n) is 11.1. The van der Waals surface area contributed by atoms with Crippen molar-refractivity contribution in [2.45, 2.75) is 12.1 Å². The van der Waals surface area contributed by atoms with Gasteiger partial charge in [0.25, 0.3) is 0 Å². The lowest BCUT2D eigenvalue weighted by atomic mass is 10.0. The zero-order chi connectivity index (χ0) is 22.5. The topological polar surface area (TPSA) is 30.8 Å². The molecule has 2 atom stereocenters. The summed E-state index contributed by atoms with van der Waals surface area (Å²) in [5.74, 6) is 0.695. The Labute approximate surface area is 196 Å². The number of hydrogen-bond acceptors (Lipinski definition) is 3. The molecule has 5 rings (SSSR count). The van der Waals surface area contributed by atoms with Gasteiger partial charge >= 0.3 is 0 Å². The van der Waals surface area contributed by atoms with E-state index in [1.54, 1.807) is 7.11 Å². The molecule has 1 aliphatic rings. The number of benzene rings is 4. The summed E-state index contributed by atoms with van der Waals surface area (Å²) in [4.78, 5) is 5.02. The molecule has 4 aromatic carbocycles. The van der Waals surface area contributed by atoms with Crippen LogP contribution in [0, 0.1) is 0 Å². The zero-order valence-corrected chi connectivity index (χ0v) is 19.4. The van der Waals surface area contributed by atoms with E-state index < -0.39 is 7.92 Å². The van der Waals surface area contributed by atoms with E-state index in [1.807, 2.05) is 18.2 Å². The quantitative estimate of drug-likeness (QED) is 0.371. The van der Waals surface area contributed by atoms with E-state index in [0.717, 1.165) is 11.1 Å². The lowest BCUT2D eigenvalue weighted by Crippen LogP contribution is -2.25. The highest BCUT2D eigenvalue weighted by Gasteiger charge is 2.34. The Hall–Kier alpha value is -3.26. The second kappa shape index (κ2) is 10.1. The Morgan fingerprint density at radius 2 is 1.27 bits per heavy atom. The van der Waals surface area contributed by atoms with Gasteiger partial charge in [-0.2, -0.15) is 0 Å².